The molecule has 0 N–H and O–H groups in total. The molecule has 3 aromatic carbocycles. The van der Waals surface area contributed by atoms with E-state index >= 15 is 0 Å². The Balaban J connectivity index is 1.69. The van der Waals surface area contributed by atoms with Gasteiger partial charge >= 0.3 is 5.97 Å². The summed E-state index contributed by atoms with van der Waals surface area (Å²) in [5.41, 5.74) is 2.68. The molecule has 31 heavy (non-hydrogen) atoms. The van der Waals surface area contributed by atoms with Gasteiger partial charge in [-0.1, -0.05) is 48.5 Å². The molecule has 0 saturated carbocycles. The number of halogens is 1. The quantitative estimate of drug-likeness (QED) is 0.506. The molecule has 0 aliphatic heterocycles. The van der Waals surface area contributed by atoms with Crippen molar-refractivity contribution >= 4 is 17.6 Å². The molecule has 0 unspecified atom stereocenters. The van der Waals surface area contributed by atoms with Gasteiger partial charge in [0.25, 0.3) is 5.91 Å². The summed E-state index contributed by atoms with van der Waals surface area (Å²) >= 11 is 0. The van der Waals surface area contributed by atoms with E-state index < -0.39 is 24.3 Å². The number of nitriles is 1. The number of amides is 1. The number of esters is 1. The van der Waals surface area contributed by atoms with E-state index in [0.717, 1.165) is 11.1 Å². The van der Waals surface area contributed by atoms with Crippen molar-refractivity contribution in [2.75, 3.05) is 18.1 Å². The first kappa shape index (κ1) is 21.7. The molecule has 0 spiro atoms. The van der Waals surface area contributed by atoms with E-state index in [2.05, 4.69) is 0 Å². The van der Waals surface area contributed by atoms with E-state index in [0.29, 0.717) is 17.7 Å². The van der Waals surface area contributed by atoms with Crippen LogP contribution in [0.15, 0.2) is 78.9 Å². The minimum Gasteiger partial charge on any atom is -0.452 e. The third-order valence-electron chi connectivity index (χ3n) is 4.69. The van der Waals surface area contributed by atoms with Crippen LogP contribution < -0.4 is 4.90 Å². The topological polar surface area (TPSA) is 70.4 Å². The molecule has 0 radical (unpaired) electrons. The average Bonchev–Trinajstić information content (AvgIpc) is 2.80. The molecule has 0 atom stereocenters. The summed E-state index contributed by atoms with van der Waals surface area (Å²) in [6, 6.07) is 24.2. The third-order valence-corrected chi connectivity index (χ3v) is 4.69. The van der Waals surface area contributed by atoms with Gasteiger partial charge in [0.1, 0.15) is 5.82 Å². The molecule has 6 heteroatoms. The second-order valence-electron chi connectivity index (χ2n) is 6.83. The zero-order valence-electron chi connectivity index (χ0n) is 16.8. The first-order chi connectivity index (χ1) is 15.1. The molecule has 3 rings (SSSR count). The van der Waals surface area contributed by atoms with Gasteiger partial charge in [-0.2, -0.15) is 5.26 Å². The van der Waals surface area contributed by atoms with Crippen LogP contribution in [-0.4, -0.2) is 25.0 Å². The zero-order valence-corrected chi connectivity index (χ0v) is 16.8. The number of nitrogens with zero attached hydrogens (tertiary/aromatic N) is 2. The Morgan fingerprint density at radius 1 is 0.935 bits per heavy atom. The van der Waals surface area contributed by atoms with Gasteiger partial charge in [-0.25, -0.2) is 9.18 Å². The highest BCUT2D eigenvalue weighted by atomic mass is 19.1. The normalized spacial score (nSPS) is 10.2. The molecule has 0 aliphatic rings. The van der Waals surface area contributed by atoms with Gasteiger partial charge in [0.15, 0.2) is 6.61 Å². The monoisotopic (exact) mass is 416 g/mol. The van der Waals surface area contributed by atoms with Gasteiger partial charge in [0.2, 0.25) is 0 Å². The maximum Gasteiger partial charge on any atom is 0.338 e. The van der Waals surface area contributed by atoms with Gasteiger partial charge in [-0.3, -0.25) is 4.79 Å². The largest absolute Gasteiger partial charge is 0.452 e. The summed E-state index contributed by atoms with van der Waals surface area (Å²) in [6.07, 6.45) is 0.654. The second-order valence-corrected chi connectivity index (χ2v) is 6.83. The first-order valence-electron chi connectivity index (χ1n) is 9.80. The lowest BCUT2D eigenvalue weighted by Crippen LogP contribution is -2.35. The van der Waals surface area contributed by atoms with Crippen LogP contribution in [0.25, 0.3) is 0 Å². The van der Waals surface area contributed by atoms with Gasteiger partial charge < -0.3 is 9.64 Å². The summed E-state index contributed by atoms with van der Waals surface area (Å²) in [5, 5.41) is 8.87. The highest BCUT2D eigenvalue weighted by Gasteiger charge is 2.19. The number of anilines is 1. The van der Waals surface area contributed by atoms with E-state index in [9.17, 15) is 14.0 Å². The van der Waals surface area contributed by atoms with E-state index in [1.807, 2.05) is 48.5 Å². The summed E-state index contributed by atoms with van der Waals surface area (Å²) < 4.78 is 18.5. The van der Waals surface area contributed by atoms with Crippen molar-refractivity contribution in [3.05, 3.63) is 101 Å². The predicted octanol–water partition coefficient (Wildman–Crippen LogP) is 4.52. The van der Waals surface area contributed by atoms with Crippen molar-refractivity contribution in [1.29, 1.82) is 5.26 Å². The Bertz CT molecular complexity index is 1080. The lowest BCUT2D eigenvalue weighted by molar-refractivity contribution is -0.121. The standard InChI is InChI=1S/C25H21FN2O3/c26-21-11-13-22(14-12-21)28(16-6-15-27)24(29)18-31-25(30)23-10-5-4-9-20(23)17-19-7-2-1-3-8-19/h1-5,7-14H,6,16-18H2. The summed E-state index contributed by atoms with van der Waals surface area (Å²) in [6.45, 7) is -0.371. The van der Waals surface area contributed by atoms with Crippen LogP contribution in [0.5, 0.6) is 0 Å². The molecule has 0 bridgehead atoms. The van der Waals surface area contributed by atoms with Crippen molar-refractivity contribution < 1.29 is 18.7 Å². The average molecular weight is 416 g/mol. The lowest BCUT2D eigenvalue weighted by atomic mass is 10.00. The molecule has 1 amide bonds. The molecule has 0 saturated heterocycles. The number of carbonyl (C=O) groups excluding carboxylic acids is 2. The number of hydrogen-bond donors (Lipinski definition) is 0. The Labute approximate surface area is 180 Å². The van der Waals surface area contributed by atoms with Crippen LogP contribution in [0.4, 0.5) is 10.1 Å². The lowest BCUT2D eigenvalue weighted by Gasteiger charge is -2.21. The van der Waals surface area contributed by atoms with Crippen molar-refractivity contribution in [2.24, 2.45) is 0 Å². The van der Waals surface area contributed by atoms with Crippen LogP contribution >= 0.6 is 0 Å². The fourth-order valence-electron chi connectivity index (χ4n) is 3.15. The predicted molar refractivity (Wildman–Crippen MR) is 115 cm³/mol. The van der Waals surface area contributed by atoms with E-state index in [1.165, 1.54) is 29.2 Å². The highest BCUT2D eigenvalue weighted by Crippen LogP contribution is 2.18. The molecule has 156 valence electrons. The van der Waals surface area contributed by atoms with Crippen LogP contribution in [0.3, 0.4) is 0 Å². The maximum absolute atomic E-state index is 13.2. The molecule has 0 aliphatic carbocycles. The number of ether oxygens (including phenoxy) is 1. The van der Waals surface area contributed by atoms with E-state index in [1.54, 1.807) is 12.1 Å². The second kappa shape index (κ2) is 10.7. The Morgan fingerprint density at radius 2 is 1.61 bits per heavy atom. The molecule has 0 fully saturated rings. The van der Waals surface area contributed by atoms with Crippen LogP contribution in [-0.2, 0) is 16.0 Å². The summed E-state index contributed by atoms with van der Waals surface area (Å²) in [7, 11) is 0. The van der Waals surface area contributed by atoms with Crippen molar-refractivity contribution in [3.8, 4) is 6.07 Å². The number of carbonyl (C=O) groups is 2. The van der Waals surface area contributed by atoms with Gasteiger partial charge in [0, 0.05) is 12.2 Å². The van der Waals surface area contributed by atoms with E-state index in [-0.39, 0.29) is 13.0 Å². The Hall–Kier alpha value is -3.98. The summed E-state index contributed by atoms with van der Waals surface area (Å²) in [5.74, 6) is -1.52. The molecule has 3 aromatic rings. The Kier molecular flexibility index (Phi) is 7.50. The number of rotatable bonds is 8. The van der Waals surface area contributed by atoms with Crippen LogP contribution in [0.2, 0.25) is 0 Å². The van der Waals surface area contributed by atoms with Crippen molar-refractivity contribution in [2.45, 2.75) is 12.8 Å². The third kappa shape index (κ3) is 6.00. The zero-order chi connectivity index (χ0) is 22.1. The van der Waals surface area contributed by atoms with Crippen LogP contribution in [0.1, 0.15) is 27.9 Å². The van der Waals surface area contributed by atoms with Crippen molar-refractivity contribution in [3.63, 3.8) is 0 Å². The smallest absolute Gasteiger partial charge is 0.338 e. The summed E-state index contributed by atoms with van der Waals surface area (Å²) in [4.78, 5) is 26.7. The molecule has 0 heterocycles. The fourth-order valence-corrected chi connectivity index (χ4v) is 3.15. The fraction of sp³-hybridized carbons (Fsp3) is 0.160. The molecular weight excluding hydrogens is 395 g/mol. The molecule has 5 nitrogen and oxygen atoms in total. The van der Waals surface area contributed by atoms with Gasteiger partial charge in [0.05, 0.1) is 18.1 Å². The minimum atomic E-state index is -0.598. The highest BCUT2D eigenvalue weighted by molar-refractivity contribution is 5.97. The van der Waals surface area contributed by atoms with Gasteiger partial charge in [-0.05, 0) is 47.9 Å². The Morgan fingerprint density at radius 3 is 2.32 bits per heavy atom. The maximum atomic E-state index is 13.2. The van der Waals surface area contributed by atoms with E-state index in [4.69, 9.17) is 10.00 Å². The number of benzene rings is 3. The van der Waals surface area contributed by atoms with Crippen LogP contribution in [0, 0.1) is 17.1 Å². The SMILES string of the molecule is N#CCCN(C(=O)COC(=O)c1ccccc1Cc1ccccc1)c1ccc(F)cc1. The minimum absolute atomic E-state index is 0.0942. The molecule has 0 aromatic heterocycles. The van der Waals surface area contributed by atoms with Gasteiger partial charge in [-0.15, -0.1) is 0 Å². The number of hydrogen-bond acceptors (Lipinski definition) is 4. The molecular formula is C25H21FN2O3. The van der Waals surface area contributed by atoms with Crippen molar-refractivity contribution in [1.82, 2.24) is 0 Å². The first-order valence-corrected chi connectivity index (χ1v) is 9.80.